The number of aromatic nitrogens is 1. The number of benzene rings is 1. The molecule has 0 atom stereocenters. The van der Waals surface area contributed by atoms with Crippen LogP contribution >= 0.6 is 0 Å². The highest BCUT2D eigenvalue weighted by atomic mass is 19.1. The summed E-state index contributed by atoms with van der Waals surface area (Å²) in [7, 11) is 0. The molecule has 0 saturated carbocycles. The molecule has 0 bridgehead atoms. The first-order chi connectivity index (χ1) is 7.18. The van der Waals surface area contributed by atoms with Gasteiger partial charge in [-0.1, -0.05) is 12.1 Å². The van der Waals surface area contributed by atoms with E-state index in [0.717, 1.165) is 6.39 Å². The zero-order valence-corrected chi connectivity index (χ0v) is 7.48. The van der Waals surface area contributed by atoms with Gasteiger partial charge in [0, 0.05) is 5.56 Å². The second-order valence-electron chi connectivity index (χ2n) is 2.85. The lowest BCUT2D eigenvalue weighted by Crippen LogP contribution is -1.98. The van der Waals surface area contributed by atoms with Crippen molar-refractivity contribution in [3.05, 3.63) is 42.2 Å². The molecule has 0 aliphatic carbocycles. The van der Waals surface area contributed by atoms with Crippen molar-refractivity contribution in [2.75, 3.05) is 0 Å². The maximum atomic E-state index is 12.9. The fourth-order valence-electron chi connectivity index (χ4n) is 1.23. The van der Waals surface area contributed by atoms with Crippen LogP contribution in [0.5, 0.6) is 0 Å². The second kappa shape index (κ2) is 3.53. The van der Waals surface area contributed by atoms with Crippen LogP contribution in [0.25, 0.3) is 11.3 Å². The van der Waals surface area contributed by atoms with Crippen molar-refractivity contribution < 1.29 is 18.7 Å². The fraction of sp³-hybridized carbons (Fsp3) is 0. The third-order valence-corrected chi connectivity index (χ3v) is 1.86. The van der Waals surface area contributed by atoms with E-state index >= 15 is 0 Å². The monoisotopic (exact) mass is 207 g/mol. The summed E-state index contributed by atoms with van der Waals surface area (Å²) in [6.45, 7) is 0. The van der Waals surface area contributed by atoms with Crippen LogP contribution in [0.15, 0.2) is 35.1 Å². The number of hydrogen-bond donors (Lipinski definition) is 1. The first-order valence-corrected chi connectivity index (χ1v) is 4.11. The first-order valence-electron chi connectivity index (χ1n) is 4.11. The zero-order chi connectivity index (χ0) is 10.8. The quantitative estimate of drug-likeness (QED) is 0.819. The maximum Gasteiger partial charge on any atom is 0.358 e. The van der Waals surface area contributed by atoms with E-state index < -0.39 is 11.8 Å². The van der Waals surface area contributed by atoms with E-state index in [4.69, 9.17) is 9.52 Å². The number of rotatable bonds is 2. The molecule has 0 amide bonds. The molecule has 0 fully saturated rings. The van der Waals surface area contributed by atoms with Crippen LogP contribution in [0, 0.1) is 5.82 Å². The number of hydrogen-bond acceptors (Lipinski definition) is 3. The summed E-state index contributed by atoms with van der Waals surface area (Å²) in [5.74, 6) is -1.61. The van der Waals surface area contributed by atoms with Crippen LogP contribution in [0.3, 0.4) is 0 Å². The van der Waals surface area contributed by atoms with E-state index in [1.54, 1.807) is 6.07 Å². The Morgan fingerprint density at radius 2 is 2.27 bits per heavy atom. The minimum absolute atomic E-state index is 0.0574. The molecule has 5 heteroatoms. The summed E-state index contributed by atoms with van der Waals surface area (Å²) in [5.41, 5.74) is 0.130. The van der Waals surface area contributed by atoms with E-state index in [-0.39, 0.29) is 11.5 Å². The van der Waals surface area contributed by atoms with Gasteiger partial charge in [-0.15, -0.1) is 0 Å². The van der Waals surface area contributed by atoms with Crippen molar-refractivity contribution in [1.82, 2.24) is 4.98 Å². The lowest BCUT2D eigenvalue weighted by Gasteiger charge is -1.97. The zero-order valence-electron chi connectivity index (χ0n) is 7.48. The normalized spacial score (nSPS) is 10.2. The van der Waals surface area contributed by atoms with Gasteiger partial charge in [-0.3, -0.25) is 0 Å². The minimum Gasteiger partial charge on any atom is -0.476 e. The molecule has 0 radical (unpaired) electrons. The predicted octanol–water partition coefficient (Wildman–Crippen LogP) is 2.18. The summed E-state index contributed by atoms with van der Waals surface area (Å²) in [5, 5.41) is 8.77. The Kier molecular flexibility index (Phi) is 2.21. The van der Waals surface area contributed by atoms with Crippen molar-refractivity contribution in [1.29, 1.82) is 0 Å². The van der Waals surface area contributed by atoms with Crippen LogP contribution in [0.2, 0.25) is 0 Å². The molecule has 0 spiro atoms. The van der Waals surface area contributed by atoms with Crippen molar-refractivity contribution >= 4 is 5.97 Å². The minimum atomic E-state index is -1.21. The van der Waals surface area contributed by atoms with Crippen LogP contribution in [0.4, 0.5) is 4.39 Å². The van der Waals surface area contributed by atoms with E-state index in [2.05, 4.69) is 4.98 Å². The molecular weight excluding hydrogens is 201 g/mol. The molecule has 2 aromatic rings. The molecule has 1 aromatic carbocycles. The molecular formula is C10H6FNO3. The first kappa shape index (κ1) is 9.39. The van der Waals surface area contributed by atoms with Crippen LogP contribution in [0.1, 0.15) is 10.5 Å². The Morgan fingerprint density at radius 1 is 1.47 bits per heavy atom. The number of halogens is 1. The summed E-state index contributed by atoms with van der Waals surface area (Å²) in [6, 6.07) is 5.47. The summed E-state index contributed by atoms with van der Waals surface area (Å²) in [4.78, 5) is 14.3. The lowest BCUT2D eigenvalue weighted by molar-refractivity contribution is 0.0691. The van der Waals surface area contributed by atoms with Crippen molar-refractivity contribution in [2.24, 2.45) is 0 Å². The average Bonchev–Trinajstić information content (AvgIpc) is 2.65. The Bertz CT molecular complexity index is 507. The van der Waals surface area contributed by atoms with Crippen LogP contribution in [-0.4, -0.2) is 16.1 Å². The van der Waals surface area contributed by atoms with Crippen molar-refractivity contribution in [3.63, 3.8) is 0 Å². The van der Waals surface area contributed by atoms with Crippen molar-refractivity contribution in [2.45, 2.75) is 0 Å². The van der Waals surface area contributed by atoms with Crippen molar-refractivity contribution in [3.8, 4) is 11.3 Å². The van der Waals surface area contributed by atoms with E-state index in [1.807, 2.05) is 0 Å². The largest absolute Gasteiger partial charge is 0.476 e. The Hall–Kier alpha value is -2.17. The van der Waals surface area contributed by atoms with Gasteiger partial charge in [-0.05, 0) is 12.1 Å². The summed E-state index contributed by atoms with van der Waals surface area (Å²) >= 11 is 0. The van der Waals surface area contributed by atoms with Gasteiger partial charge in [0.25, 0.3) is 0 Å². The molecule has 0 aliphatic heterocycles. The predicted molar refractivity (Wildman–Crippen MR) is 48.9 cm³/mol. The highest BCUT2D eigenvalue weighted by Gasteiger charge is 2.17. The maximum absolute atomic E-state index is 12.9. The van der Waals surface area contributed by atoms with Gasteiger partial charge in [0.15, 0.2) is 17.8 Å². The van der Waals surface area contributed by atoms with Gasteiger partial charge in [-0.2, -0.15) is 0 Å². The molecule has 1 aromatic heterocycles. The smallest absolute Gasteiger partial charge is 0.358 e. The third-order valence-electron chi connectivity index (χ3n) is 1.86. The number of aromatic carboxylic acids is 1. The SMILES string of the molecule is O=C(O)c1ncoc1-c1cccc(F)c1. The fourth-order valence-corrected chi connectivity index (χ4v) is 1.23. The number of oxazole rings is 1. The molecule has 1 N–H and O–H groups in total. The van der Waals surface area contributed by atoms with Gasteiger partial charge < -0.3 is 9.52 Å². The third kappa shape index (κ3) is 1.71. The molecule has 0 saturated heterocycles. The van der Waals surface area contributed by atoms with Gasteiger partial charge in [-0.25, -0.2) is 14.2 Å². The van der Waals surface area contributed by atoms with Crippen LogP contribution in [-0.2, 0) is 0 Å². The highest BCUT2D eigenvalue weighted by molar-refractivity contribution is 5.91. The van der Waals surface area contributed by atoms with Gasteiger partial charge in [0.2, 0.25) is 0 Å². The average molecular weight is 207 g/mol. The molecule has 1 heterocycles. The van der Waals surface area contributed by atoms with Gasteiger partial charge >= 0.3 is 5.97 Å². The Morgan fingerprint density at radius 3 is 2.93 bits per heavy atom. The van der Waals surface area contributed by atoms with Crippen LogP contribution < -0.4 is 0 Å². The molecule has 4 nitrogen and oxygen atoms in total. The molecule has 0 aliphatic rings. The Labute approximate surface area is 84.0 Å². The number of carbonyl (C=O) groups is 1. The summed E-state index contributed by atoms with van der Waals surface area (Å²) in [6.07, 6.45) is 1.02. The van der Waals surface area contributed by atoms with E-state index in [1.165, 1.54) is 18.2 Å². The van der Waals surface area contributed by atoms with Gasteiger partial charge in [0.05, 0.1) is 0 Å². The molecule has 15 heavy (non-hydrogen) atoms. The number of nitrogens with zero attached hydrogens (tertiary/aromatic N) is 1. The highest BCUT2D eigenvalue weighted by Crippen LogP contribution is 2.23. The Balaban J connectivity index is 2.54. The summed E-state index contributed by atoms with van der Waals surface area (Å²) < 4.78 is 17.8. The molecule has 0 unspecified atom stereocenters. The standard InChI is InChI=1S/C10H6FNO3/c11-7-3-1-2-6(4-7)9-8(10(13)14)12-5-15-9/h1-5H,(H,13,14). The molecule has 2 rings (SSSR count). The topological polar surface area (TPSA) is 63.3 Å². The second-order valence-corrected chi connectivity index (χ2v) is 2.85. The molecule has 76 valence electrons. The van der Waals surface area contributed by atoms with E-state index in [9.17, 15) is 9.18 Å². The number of carboxylic acid groups (broad SMARTS) is 1. The van der Waals surface area contributed by atoms with E-state index in [0.29, 0.717) is 5.56 Å². The van der Waals surface area contributed by atoms with Gasteiger partial charge in [0.1, 0.15) is 5.82 Å². The lowest BCUT2D eigenvalue weighted by atomic mass is 10.1. The number of carboxylic acids is 1.